The molecule has 0 bridgehead atoms. The summed E-state index contributed by atoms with van der Waals surface area (Å²) >= 11 is 0.322. The molecule has 0 saturated carbocycles. The number of allylic oxidation sites excluding steroid dienone is 2. The van der Waals surface area contributed by atoms with E-state index in [9.17, 15) is 4.39 Å². The van der Waals surface area contributed by atoms with E-state index in [0.29, 0.717) is 20.8 Å². The summed E-state index contributed by atoms with van der Waals surface area (Å²) in [6.07, 6.45) is 4.88. The summed E-state index contributed by atoms with van der Waals surface area (Å²) in [4.78, 5) is 2.37. The molecule has 0 amide bonds. The van der Waals surface area contributed by atoms with Gasteiger partial charge in [0.2, 0.25) is 0 Å². The van der Waals surface area contributed by atoms with E-state index in [1.165, 1.54) is 27.2 Å². The monoisotopic (exact) mass is 358 g/mol. The van der Waals surface area contributed by atoms with Crippen LogP contribution in [0.1, 0.15) is 16.7 Å². The number of rotatable bonds is 2. The van der Waals surface area contributed by atoms with Crippen LogP contribution < -0.4 is 9.78 Å². The summed E-state index contributed by atoms with van der Waals surface area (Å²) < 4.78 is 13.9. The molecule has 0 saturated heterocycles. The fourth-order valence-electron chi connectivity index (χ4n) is 2.65. The minimum atomic E-state index is 0.322. The van der Waals surface area contributed by atoms with Crippen LogP contribution in [0.2, 0.25) is 0 Å². The Balaban J connectivity index is 2.25. The van der Waals surface area contributed by atoms with Gasteiger partial charge in [0.1, 0.15) is 0 Å². The molecule has 1 aliphatic rings. The standard InChI is InChI=1S/C19H17FNSe/c1-21-15-8-9-16-14(13-15)10-12-22-19-7-3-2-5-18(19)17(16)6-4-11-20/h2-9,11-13,21H,10H2,1H3/b11-4-,17-6+. The van der Waals surface area contributed by atoms with Gasteiger partial charge in [-0.25, -0.2) is 0 Å². The zero-order valence-electron chi connectivity index (χ0n) is 12.3. The first-order valence-electron chi connectivity index (χ1n) is 7.19. The first kappa shape index (κ1) is 15.0. The SMILES string of the molecule is CNc1ccc2c(c1)CC=[Se]c1ccccc1/C2=C/C=C\F. The predicted molar refractivity (Wildman–Crippen MR) is 94.9 cm³/mol. The van der Waals surface area contributed by atoms with E-state index >= 15 is 0 Å². The van der Waals surface area contributed by atoms with Gasteiger partial charge in [-0.05, 0) is 0 Å². The molecule has 0 aromatic heterocycles. The van der Waals surface area contributed by atoms with Gasteiger partial charge in [0, 0.05) is 0 Å². The van der Waals surface area contributed by atoms with Gasteiger partial charge < -0.3 is 0 Å². The van der Waals surface area contributed by atoms with Gasteiger partial charge in [-0.3, -0.25) is 0 Å². The van der Waals surface area contributed by atoms with Crippen LogP contribution in [-0.2, 0) is 6.42 Å². The van der Waals surface area contributed by atoms with Crippen molar-refractivity contribution in [2.45, 2.75) is 6.42 Å². The number of hydrogen-bond donors (Lipinski definition) is 1. The molecule has 1 aliphatic heterocycles. The number of hydrogen-bond acceptors (Lipinski definition) is 1. The molecule has 2 aromatic rings. The Hall–Kier alpha value is -1.96. The van der Waals surface area contributed by atoms with Crippen LogP contribution in [0.4, 0.5) is 10.1 Å². The number of anilines is 1. The summed E-state index contributed by atoms with van der Waals surface area (Å²) in [6, 6.07) is 14.8. The third-order valence-corrected chi connectivity index (χ3v) is 5.69. The zero-order chi connectivity index (χ0) is 15.4. The van der Waals surface area contributed by atoms with Crippen LogP contribution >= 0.6 is 0 Å². The quantitative estimate of drug-likeness (QED) is 0.813. The molecule has 0 spiro atoms. The molecule has 1 N–H and O–H groups in total. The van der Waals surface area contributed by atoms with Gasteiger partial charge in [0.15, 0.2) is 0 Å². The molecular weight excluding hydrogens is 340 g/mol. The molecule has 0 atom stereocenters. The molecule has 0 unspecified atom stereocenters. The first-order chi connectivity index (χ1) is 10.8. The maximum absolute atomic E-state index is 12.6. The van der Waals surface area contributed by atoms with Gasteiger partial charge >= 0.3 is 136 Å². The Morgan fingerprint density at radius 2 is 2.00 bits per heavy atom. The van der Waals surface area contributed by atoms with Crippen molar-refractivity contribution < 1.29 is 4.39 Å². The zero-order valence-corrected chi connectivity index (χ0v) is 14.1. The second-order valence-corrected chi connectivity index (χ2v) is 7.12. The molecule has 0 fully saturated rings. The Kier molecular flexibility index (Phi) is 4.67. The van der Waals surface area contributed by atoms with Crippen molar-refractivity contribution in [1.29, 1.82) is 0 Å². The third kappa shape index (κ3) is 2.96. The van der Waals surface area contributed by atoms with E-state index in [4.69, 9.17) is 0 Å². The molecule has 22 heavy (non-hydrogen) atoms. The van der Waals surface area contributed by atoms with E-state index in [-0.39, 0.29) is 0 Å². The van der Waals surface area contributed by atoms with E-state index in [0.717, 1.165) is 17.7 Å². The molecule has 1 radical (unpaired) electrons. The Morgan fingerprint density at radius 1 is 1.14 bits per heavy atom. The second kappa shape index (κ2) is 6.87. The van der Waals surface area contributed by atoms with E-state index in [1.54, 1.807) is 0 Å². The van der Waals surface area contributed by atoms with E-state index in [2.05, 4.69) is 46.6 Å². The number of nitrogens with one attached hydrogen (secondary N) is 1. The number of fused-ring (bicyclic) bond motifs is 2. The van der Waals surface area contributed by atoms with Crippen LogP contribution in [0.15, 0.2) is 60.9 Å². The molecule has 3 heteroatoms. The maximum atomic E-state index is 12.6. The summed E-state index contributed by atoms with van der Waals surface area (Å²) in [6.45, 7) is 0. The Morgan fingerprint density at radius 3 is 2.82 bits per heavy atom. The van der Waals surface area contributed by atoms with Gasteiger partial charge in [-0.15, -0.1) is 0 Å². The van der Waals surface area contributed by atoms with Gasteiger partial charge in [-0.2, -0.15) is 0 Å². The molecule has 1 nitrogen and oxygen atoms in total. The van der Waals surface area contributed by atoms with Gasteiger partial charge in [0.05, 0.1) is 0 Å². The predicted octanol–water partition coefficient (Wildman–Crippen LogP) is 3.33. The van der Waals surface area contributed by atoms with Gasteiger partial charge in [0.25, 0.3) is 0 Å². The van der Waals surface area contributed by atoms with Crippen LogP contribution in [0, 0.1) is 0 Å². The van der Waals surface area contributed by atoms with Crippen molar-refractivity contribution >= 4 is 35.2 Å². The first-order valence-corrected chi connectivity index (χ1v) is 9.04. The number of halogens is 1. The fourth-order valence-corrected chi connectivity index (χ4v) is 4.55. The summed E-state index contributed by atoms with van der Waals surface area (Å²) in [5.41, 5.74) is 5.86. The Bertz CT molecular complexity index is 775. The van der Waals surface area contributed by atoms with Crippen molar-refractivity contribution in [3.05, 3.63) is 77.6 Å². The Labute approximate surface area is 136 Å². The van der Waals surface area contributed by atoms with Crippen LogP contribution in [0.3, 0.4) is 0 Å². The molecule has 111 valence electrons. The fraction of sp³-hybridized carbons (Fsp3) is 0.105. The van der Waals surface area contributed by atoms with Crippen molar-refractivity contribution in [3.63, 3.8) is 0 Å². The molecule has 1 heterocycles. The van der Waals surface area contributed by atoms with Crippen molar-refractivity contribution in [2.24, 2.45) is 0 Å². The van der Waals surface area contributed by atoms with Crippen LogP contribution in [0.5, 0.6) is 0 Å². The summed E-state index contributed by atoms with van der Waals surface area (Å²) in [5, 5.41) is 3.19. The van der Waals surface area contributed by atoms with Crippen molar-refractivity contribution in [3.8, 4) is 0 Å². The molecular formula is C19H17FNSe. The minimum absolute atomic E-state index is 0.322. The summed E-state index contributed by atoms with van der Waals surface area (Å²) in [5.74, 6) is 0. The topological polar surface area (TPSA) is 12.0 Å². The third-order valence-electron chi connectivity index (χ3n) is 3.71. The summed E-state index contributed by atoms with van der Waals surface area (Å²) in [7, 11) is 1.93. The average Bonchev–Trinajstić information content (AvgIpc) is 2.55. The van der Waals surface area contributed by atoms with Gasteiger partial charge in [-0.1, -0.05) is 0 Å². The molecule has 2 aromatic carbocycles. The molecule has 3 rings (SSSR count). The molecule has 0 aliphatic carbocycles. The average molecular weight is 357 g/mol. The van der Waals surface area contributed by atoms with E-state index < -0.39 is 0 Å². The second-order valence-electron chi connectivity index (χ2n) is 5.01. The number of benzene rings is 2. The van der Waals surface area contributed by atoms with Crippen LogP contribution in [0.25, 0.3) is 5.57 Å². The van der Waals surface area contributed by atoms with Crippen LogP contribution in [-0.4, -0.2) is 26.5 Å². The van der Waals surface area contributed by atoms with Crippen molar-refractivity contribution in [1.82, 2.24) is 0 Å². The normalized spacial score (nSPS) is 15.3. The van der Waals surface area contributed by atoms with Crippen molar-refractivity contribution in [2.75, 3.05) is 12.4 Å². The van der Waals surface area contributed by atoms with E-state index in [1.807, 2.05) is 19.2 Å².